The third-order valence-corrected chi connectivity index (χ3v) is 10.6. The summed E-state index contributed by atoms with van der Waals surface area (Å²) < 4.78 is 95.2. The van der Waals surface area contributed by atoms with E-state index in [0.717, 1.165) is 0 Å². The summed E-state index contributed by atoms with van der Waals surface area (Å²) in [4.78, 5) is 116. The lowest BCUT2D eigenvalue weighted by molar-refractivity contribution is -0.128. The molecule has 94 heavy (non-hydrogen) atoms. The van der Waals surface area contributed by atoms with Crippen LogP contribution in [-0.2, 0) is 133 Å². The van der Waals surface area contributed by atoms with E-state index < -0.39 is 5.91 Å². The van der Waals surface area contributed by atoms with Crippen molar-refractivity contribution in [3.63, 3.8) is 0 Å². The van der Waals surface area contributed by atoms with Crippen LogP contribution in [0.25, 0.3) is 0 Å². The molecular weight excluding hydrogens is 1260 g/mol. The number of amides is 10. The Morgan fingerprint density at radius 1 is 0.191 bits per heavy atom. The quantitative estimate of drug-likeness (QED) is 0.0253. The van der Waals surface area contributed by atoms with E-state index in [1.54, 1.807) is 0 Å². The summed E-state index contributed by atoms with van der Waals surface area (Å²) in [6.45, 7) is 8.54. The first-order valence-corrected chi connectivity index (χ1v) is 30.8. The van der Waals surface area contributed by atoms with Gasteiger partial charge < -0.3 is 139 Å². The van der Waals surface area contributed by atoms with Crippen molar-refractivity contribution in [2.75, 3.05) is 297 Å². The van der Waals surface area contributed by atoms with Crippen molar-refractivity contribution in [2.24, 2.45) is 5.73 Å². The molecular formula is C56H104N10O28. The fraction of sp³-hybridized carbons (Fsp3) is 0.821. The monoisotopic (exact) mass is 1360 g/mol. The molecule has 0 fully saturated rings. The summed E-state index contributed by atoms with van der Waals surface area (Å²) in [6.07, 6.45) is 0. The molecule has 546 valence electrons. The lowest BCUT2D eigenvalue weighted by Crippen LogP contribution is -2.33. The molecule has 11 N–H and O–H groups in total. The van der Waals surface area contributed by atoms with Crippen LogP contribution < -0.4 is 53.6 Å². The number of carbonyl (C=O) groups excluding carboxylic acids is 10. The lowest BCUT2D eigenvalue weighted by Gasteiger charge is -2.10. The molecule has 38 heteroatoms. The highest BCUT2D eigenvalue weighted by atomic mass is 16.6. The number of rotatable bonds is 72. The standard InChI is InChI=1S/C56H104N10O28/c1-47(67)58-2-11-77-21-30-87-39-49(69)60-4-13-79-23-32-89-41-51(71)62-6-15-81-25-34-91-43-53(73)64-8-17-83-27-36-93-45-55(75)66-10-19-85-28-37-94-46-56(76)65-9-18-84-26-35-92-44-54(74)63-7-16-82-24-33-90-42-52(72)61-5-14-80-22-31-88-40-50(70)59-3-12-78-20-29-86-38-48(57)68/h2-46H2,1H3,(H2,57,68)(H,58,67)(H,59,70)(H,60,69)(H,61,72)(H,62,71)(H,63,74)(H,64,73)(H,65,76)(H,66,75). The van der Waals surface area contributed by atoms with Crippen LogP contribution >= 0.6 is 0 Å². The van der Waals surface area contributed by atoms with Gasteiger partial charge in [-0.2, -0.15) is 0 Å². The molecule has 0 atom stereocenters. The Kier molecular flexibility index (Phi) is 65.3. The minimum atomic E-state index is -0.560. The van der Waals surface area contributed by atoms with Gasteiger partial charge >= 0.3 is 0 Å². The van der Waals surface area contributed by atoms with Crippen molar-refractivity contribution >= 4 is 59.1 Å². The Morgan fingerprint density at radius 2 is 0.319 bits per heavy atom. The van der Waals surface area contributed by atoms with Gasteiger partial charge in [0.05, 0.1) is 178 Å². The Labute approximate surface area is 548 Å². The van der Waals surface area contributed by atoms with Crippen molar-refractivity contribution in [2.45, 2.75) is 6.92 Å². The van der Waals surface area contributed by atoms with Crippen LogP contribution in [0.2, 0.25) is 0 Å². The van der Waals surface area contributed by atoms with Gasteiger partial charge in [0.25, 0.3) is 0 Å². The molecule has 38 nitrogen and oxygen atoms in total. The summed E-state index contributed by atoms with van der Waals surface area (Å²) in [5.41, 5.74) is 4.95. The van der Waals surface area contributed by atoms with Crippen LogP contribution in [0.3, 0.4) is 0 Å². The summed E-state index contributed by atoms with van der Waals surface area (Å²) in [7, 11) is 0. The van der Waals surface area contributed by atoms with Gasteiger partial charge in [0.2, 0.25) is 59.1 Å². The van der Waals surface area contributed by atoms with E-state index in [2.05, 4.69) is 47.9 Å². The van der Waals surface area contributed by atoms with Crippen LogP contribution in [0.15, 0.2) is 0 Å². The zero-order valence-electron chi connectivity index (χ0n) is 54.3. The second-order valence-corrected chi connectivity index (χ2v) is 18.7. The Morgan fingerprint density at radius 3 is 0.457 bits per heavy atom. The van der Waals surface area contributed by atoms with Gasteiger partial charge in [0, 0.05) is 65.8 Å². The Hall–Kier alpha value is -6.02. The highest BCUT2D eigenvalue weighted by molar-refractivity contribution is 5.79. The van der Waals surface area contributed by atoms with E-state index in [4.69, 9.17) is 91.0 Å². The third-order valence-electron chi connectivity index (χ3n) is 10.6. The molecule has 0 saturated carbocycles. The maximum Gasteiger partial charge on any atom is 0.246 e. The van der Waals surface area contributed by atoms with Crippen molar-refractivity contribution in [1.29, 1.82) is 0 Å². The molecule has 0 rings (SSSR count). The SMILES string of the molecule is CC(=O)NCCOCCOCC(=O)NCCOCCOCC(=O)NCCOCCOCC(=O)NCCOCCOCC(=O)NCCOCCOCC(=O)NCCOCCOCC(=O)NCCOCCOCC(=O)NCCOCCOCC(=O)NCCOCCOCC(N)=O. The predicted octanol–water partition coefficient (Wildman–Crippen LogP) is -8.16. The fourth-order valence-electron chi connectivity index (χ4n) is 6.28. The molecule has 0 aromatic heterocycles. The zero-order valence-corrected chi connectivity index (χ0v) is 54.3. The first-order valence-electron chi connectivity index (χ1n) is 30.8. The van der Waals surface area contributed by atoms with E-state index in [1.165, 1.54) is 6.92 Å². The van der Waals surface area contributed by atoms with E-state index in [-0.39, 0.29) is 330 Å². The predicted molar refractivity (Wildman–Crippen MR) is 327 cm³/mol. The van der Waals surface area contributed by atoms with E-state index in [1.807, 2.05) is 0 Å². The average molecular weight is 1370 g/mol. The van der Waals surface area contributed by atoms with E-state index in [0.29, 0.717) is 19.8 Å². The van der Waals surface area contributed by atoms with Crippen LogP contribution in [0.1, 0.15) is 6.92 Å². The summed E-state index contributed by atoms with van der Waals surface area (Å²) in [6, 6.07) is 0. The number of hydrogen-bond acceptors (Lipinski definition) is 28. The number of nitrogens with one attached hydrogen (secondary N) is 9. The molecule has 0 bridgehead atoms. The van der Waals surface area contributed by atoms with Crippen molar-refractivity contribution in [3.05, 3.63) is 0 Å². The molecule has 0 saturated heterocycles. The first kappa shape index (κ1) is 88.0. The number of nitrogens with two attached hydrogens (primary N) is 1. The number of hydrogen-bond donors (Lipinski definition) is 10. The number of carbonyl (C=O) groups is 10. The topological polar surface area (TPSA) is 471 Å². The highest BCUT2D eigenvalue weighted by Gasteiger charge is 2.09. The summed E-state index contributed by atoms with van der Waals surface area (Å²) >= 11 is 0. The van der Waals surface area contributed by atoms with Gasteiger partial charge in [-0.15, -0.1) is 0 Å². The molecule has 0 unspecified atom stereocenters. The molecule has 0 radical (unpaired) electrons. The van der Waals surface area contributed by atoms with Crippen molar-refractivity contribution < 1.29 is 133 Å². The normalized spacial score (nSPS) is 11.0. The van der Waals surface area contributed by atoms with Gasteiger partial charge in [-0.25, -0.2) is 0 Å². The molecule has 0 aromatic carbocycles. The van der Waals surface area contributed by atoms with Crippen LogP contribution in [0, 0.1) is 0 Å². The van der Waals surface area contributed by atoms with Gasteiger partial charge in [-0.1, -0.05) is 0 Å². The molecule has 0 aliphatic heterocycles. The molecule has 0 aliphatic rings. The number of primary amides is 1. The van der Waals surface area contributed by atoms with Gasteiger partial charge in [-0.05, 0) is 0 Å². The lowest BCUT2D eigenvalue weighted by atomic mass is 10.5. The zero-order chi connectivity index (χ0) is 68.7. The Bertz CT molecular complexity index is 1810. The van der Waals surface area contributed by atoms with E-state index in [9.17, 15) is 47.9 Å². The average Bonchev–Trinajstić information content (AvgIpc) is 3.57. The summed E-state index contributed by atoms with van der Waals surface area (Å²) in [5.74, 6) is -3.29. The third kappa shape index (κ3) is 71.8. The first-order chi connectivity index (χ1) is 45.8. The second-order valence-electron chi connectivity index (χ2n) is 18.7. The molecule has 10 amide bonds. The van der Waals surface area contributed by atoms with Crippen molar-refractivity contribution in [3.8, 4) is 0 Å². The van der Waals surface area contributed by atoms with Crippen molar-refractivity contribution in [1.82, 2.24) is 47.9 Å². The van der Waals surface area contributed by atoms with Crippen LogP contribution in [-0.4, -0.2) is 356 Å². The smallest absolute Gasteiger partial charge is 0.246 e. The number of ether oxygens (including phenoxy) is 18. The van der Waals surface area contributed by atoms with E-state index >= 15 is 0 Å². The van der Waals surface area contributed by atoms with Gasteiger partial charge in [-0.3, -0.25) is 47.9 Å². The Balaban J connectivity index is 3.42. The maximum atomic E-state index is 12.0. The molecule has 0 aliphatic carbocycles. The highest BCUT2D eigenvalue weighted by Crippen LogP contribution is 1.89. The summed E-state index contributed by atoms with van der Waals surface area (Å²) in [5, 5.41) is 23.8. The van der Waals surface area contributed by atoms with Crippen LogP contribution in [0.4, 0.5) is 0 Å². The maximum absolute atomic E-state index is 12.0. The van der Waals surface area contributed by atoms with Gasteiger partial charge in [0.1, 0.15) is 59.5 Å². The largest absolute Gasteiger partial charge is 0.377 e. The van der Waals surface area contributed by atoms with Gasteiger partial charge in [0.15, 0.2) is 0 Å². The van der Waals surface area contributed by atoms with Crippen LogP contribution in [0.5, 0.6) is 0 Å². The second kappa shape index (κ2) is 69.8. The fourth-order valence-corrected chi connectivity index (χ4v) is 6.28. The molecule has 0 aromatic rings. The molecule has 0 spiro atoms. The molecule has 0 heterocycles. The minimum Gasteiger partial charge on any atom is -0.377 e. The minimum absolute atomic E-state index is 0.113.